The SMILES string of the molecule is O=C([C@@H]1CN(S(=O)(=O)c2ccccc2Cl)CCO1)N1CCN(CC2CC2)CC1. The molecule has 0 spiro atoms. The first-order chi connectivity index (χ1) is 13.4. The zero-order chi connectivity index (χ0) is 19.7. The molecule has 0 N–H and O–H groups in total. The third-order valence-corrected chi connectivity index (χ3v) is 8.02. The number of nitrogens with zero attached hydrogens (tertiary/aromatic N) is 3. The molecule has 0 aromatic heterocycles. The molecule has 2 aliphatic heterocycles. The van der Waals surface area contributed by atoms with E-state index >= 15 is 0 Å². The minimum Gasteiger partial charge on any atom is -0.366 e. The summed E-state index contributed by atoms with van der Waals surface area (Å²) >= 11 is 6.09. The van der Waals surface area contributed by atoms with Gasteiger partial charge in [-0.15, -0.1) is 0 Å². The van der Waals surface area contributed by atoms with E-state index < -0.39 is 16.1 Å². The first-order valence-corrected chi connectivity index (χ1v) is 11.6. The van der Waals surface area contributed by atoms with Gasteiger partial charge in [-0.25, -0.2) is 8.42 Å². The highest BCUT2D eigenvalue weighted by Gasteiger charge is 2.37. The van der Waals surface area contributed by atoms with E-state index in [-0.39, 0.29) is 35.5 Å². The van der Waals surface area contributed by atoms with E-state index in [0.717, 1.165) is 25.6 Å². The third kappa shape index (κ3) is 4.36. The fourth-order valence-electron chi connectivity index (χ4n) is 3.81. The van der Waals surface area contributed by atoms with Gasteiger partial charge >= 0.3 is 0 Å². The Morgan fingerprint density at radius 3 is 2.50 bits per heavy atom. The molecule has 1 aliphatic carbocycles. The van der Waals surface area contributed by atoms with Crippen molar-refractivity contribution in [2.75, 3.05) is 52.4 Å². The molecule has 9 heteroatoms. The van der Waals surface area contributed by atoms with Gasteiger partial charge in [-0.1, -0.05) is 23.7 Å². The minimum atomic E-state index is -3.76. The molecule has 4 rings (SSSR count). The number of amides is 1. The second-order valence-electron chi connectivity index (χ2n) is 7.72. The molecular formula is C19H26ClN3O4S. The number of ether oxygens (including phenoxy) is 1. The predicted molar refractivity (Wildman–Crippen MR) is 106 cm³/mol. The van der Waals surface area contributed by atoms with Gasteiger partial charge in [0.25, 0.3) is 5.91 Å². The predicted octanol–water partition coefficient (Wildman–Crippen LogP) is 1.28. The lowest BCUT2D eigenvalue weighted by atomic mass is 10.2. The normalized spacial score (nSPS) is 25.0. The van der Waals surface area contributed by atoms with Gasteiger partial charge in [0.1, 0.15) is 11.0 Å². The van der Waals surface area contributed by atoms with Crippen LogP contribution in [0.5, 0.6) is 0 Å². The van der Waals surface area contributed by atoms with E-state index in [2.05, 4.69) is 4.90 Å². The zero-order valence-corrected chi connectivity index (χ0v) is 17.4. The number of benzene rings is 1. The maximum Gasteiger partial charge on any atom is 0.253 e. The molecule has 0 radical (unpaired) electrons. The fourth-order valence-corrected chi connectivity index (χ4v) is 5.72. The Bertz CT molecular complexity index is 822. The van der Waals surface area contributed by atoms with E-state index in [1.807, 2.05) is 0 Å². The van der Waals surface area contributed by atoms with Crippen molar-refractivity contribution in [1.82, 2.24) is 14.1 Å². The summed E-state index contributed by atoms with van der Waals surface area (Å²) in [5.41, 5.74) is 0. The molecule has 2 heterocycles. The lowest BCUT2D eigenvalue weighted by molar-refractivity contribution is -0.149. The smallest absolute Gasteiger partial charge is 0.253 e. The van der Waals surface area contributed by atoms with Crippen molar-refractivity contribution in [1.29, 1.82) is 0 Å². The van der Waals surface area contributed by atoms with Crippen molar-refractivity contribution >= 4 is 27.5 Å². The van der Waals surface area contributed by atoms with E-state index in [1.165, 1.54) is 23.2 Å². The highest BCUT2D eigenvalue weighted by atomic mass is 35.5. The topological polar surface area (TPSA) is 70.2 Å². The Hall–Kier alpha value is -1.19. The van der Waals surface area contributed by atoms with Crippen LogP contribution in [-0.2, 0) is 19.6 Å². The van der Waals surface area contributed by atoms with Gasteiger partial charge in [-0.2, -0.15) is 4.31 Å². The summed E-state index contributed by atoms with van der Waals surface area (Å²) in [7, 11) is -3.76. The number of hydrogen-bond donors (Lipinski definition) is 0. The van der Waals surface area contributed by atoms with Crippen molar-refractivity contribution in [2.24, 2.45) is 5.92 Å². The van der Waals surface area contributed by atoms with Crippen molar-refractivity contribution < 1.29 is 17.9 Å². The Morgan fingerprint density at radius 2 is 1.82 bits per heavy atom. The average molecular weight is 428 g/mol. The summed E-state index contributed by atoms with van der Waals surface area (Å²) in [6.45, 7) is 4.65. The molecular weight excluding hydrogens is 402 g/mol. The first-order valence-electron chi connectivity index (χ1n) is 9.82. The average Bonchev–Trinajstić information content (AvgIpc) is 3.52. The summed E-state index contributed by atoms with van der Waals surface area (Å²) in [6.07, 6.45) is 1.89. The van der Waals surface area contributed by atoms with Crippen LogP contribution in [0.1, 0.15) is 12.8 Å². The molecule has 1 saturated carbocycles. The summed E-state index contributed by atoms with van der Waals surface area (Å²) in [5.74, 6) is 0.720. The Morgan fingerprint density at radius 1 is 1.11 bits per heavy atom. The van der Waals surface area contributed by atoms with Crippen LogP contribution in [0.25, 0.3) is 0 Å². The van der Waals surface area contributed by atoms with Crippen molar-refractivity contribution in [3.8, 4) is 0 Å². The molecule has 2 saturated heterocycles. The number of carbonyl (C=O) groups excluding carboxylic acids is 1. The molecule has 3 fully saturated rings. The standard InChI is InChI=1S/C19H26ClN3O4S/c20-16-3-1-2-4-18(16)28(25,26)23-11-12-27-17(14-23)19(24)22-9-7-21(8-10-22)13-15-5-6-15/h1-4,15,17H,5-14H2/t17-/m0/s1. The summed E-state index contributed by atoms with van der Waals surface area (Å²) in [4.78, 5) is 17.2. The van der Waals surface area contributed by atoms with Gasteiger partial charge in [-0.05, 0) is 30.9 Å². The first kappa shape index (κ1) is 20.1. The molecule has 3 aliphatic rings. The highest BCUT2D eigenvalue weighted by Crippen LogP contribution is 2.30. The molecule has 154 valence electrons. The van der Waals surface area contributed by atoms with Gasteiger partial charge in [-0.3, -0.25) is 9.69 Å². The zero-order valence-electron chi connectivity index (χ0n) is 15.8. The third-order valence-electron chi connectivity index (χ3n) is 5.66. The number of carbonyl (C=O) groups is 1. The van der Waals surface area contributed by atoms with Gasteiger partial charge in [0, 0.05) is 45.8 Å². The van der Waals surface area contributed by atoms with Gasteiger partial charge < -0.3 is 9.64 Å². The van der Waals surface area contributed by atoms with Gasteiger partial charge in [0.2, 0.25) is 10.0 Å². The number of sulfonamides is 1. The molecule has 1 amide bonds. The lowest BCUT2D eigenvalue weighted by Gasteiger charge is -2.38. The number of piperazine rings is 1. The van der Waals surface area contributed by atoms with Crippen LogP contribution in [0.4, 0.5) is 0 Å². The number of halogens is 1. The second-order valence-corrected chi connectivity index (χ2v) is 10.0. The maximum absolute atomic E-state index is 13.0. The van der Waals surface area contributed by atoms with E-state index in [9.17, 15) is 13.2 Å². The summed E-state index contributed by atoms with van der Waals surface area (Å²) in [6, 6.07) is 6.38. The number of rotatable bonds is 5. The molecule has 1 aromatic rings. The van der Waals surface area contributed by atoms with E-state index in [1.54, 1.807) is 23.1 Å². The molecule has 7 nitrogen and oxygen atoms in total. The fraction of sp³-hybridized carbons (Fsp3) is 0.632. The van der Waals surface area contributed by atoms with Crippen LogP contribution >= 0.6 is 11.6 Å². The van der Waals surface area contributed by atoms with Crippen LogP contribution in [0.3, 0.4) is 0 Å². The minimum absolute atomic E-state index is 0.0225. The molecule has 1 aromatic carbocycles. The van der Waals surface area contributed by atoms with Crippen LogP contribution in [-0.4, -0.2) is 87.0 Å². The quantitative estimate of drug-likeness (QED) is 0.708. The number of hydrogen-bond acceptors (Lipinski definition) is 5. The molecule has 28 heavy (non-hydrogen) atoms. The van der Waals surface area contributed by atoms with E-state index in [4.69, 9.17) is 16.3 Å². The lowest BCUT2D eigenvalue weighted by Crippen LogP contribution is -2.56. The van der Waals surface area contributed by atoms with Crippen molar-refractivity contribution in [3.63, 3.8) is 0 Å². The second kappa shape index (κ2) is 8.28. The van der Waals surface area contributed by atoms with E-state index in [0.29, 0.717) is 13.1 Å². The van der Waals surface area contributed by atoms with Crippen LogP contribution in [0.2, 0.25) is 5.02 Å². The maximum atomic E-state index is 13.0. The highest BCUT2D eigenvalue weighted by molar-refractivity contribution is 7.89. The Labute approximate surface area is 171 Å². The molecule has 0 unspecified atom stereocenters. The molecule has 0 bridgehead atoms. The van der Waals surface area contributed by atoms with Crippen LogP contribution < -0.4 is 0 Å². The van der Waals surface area contributed by atoms with Gasteiger partial charge in [0.05, 0.1) is 11.6 Å². The summed E-state index contributed by atoms with van der Waals surface area (Å²) < 4.78 is 32.9. The largest absolute Gasteiger partial charge is 0.366 e. The number of morpholine rings is 1. The van der Waals surface area contributed by atoms with Crippen LogP contribution in [0.15, 0.2) is 29.2 Å². The summed E-state index contributed by atoms with van der Waals surface area (Å²) in [5, 5.41) is 0.184. The van der Waals surface area contributed by atoms with Crippen molar-refractivity contribution in [2.45, 2.75) is 23.8 Å². The van der Waals surface area contributed by atoms with Crippen LogP contribution in [0, 0.1) is 5.92 Å². The van der Waals surface area contributed by atoms with Crippen molar-refractivity contribution in [3.05, 3.63) is 29.3 Å². The molecule has 1 atom stereocenters. The Balaban J connectivity index is 1.38. The monoisotopic (exact) mass is 427 g/mol. The van der Waals surface area contributed by atoms with Gasteiger partial charge in [0.15, 0.2) is 0 Å². The Kier molecular flexibility index (Phi) is 5.94.